The fraction of sp³-hybridized carbons (Fsp3) is 0.409. The van der Waals surface area contributed by atoms with Gasteiger partial charge in [0.05, 0.1) is 18.1 Å². The predicted molar refractivity (Wildman–Crippen MR) is 113 cm³/mol. The number of hydrogen-bond donors (Lipinski definition) is 1. The van der Waals surface area contributed by atoms with Gasteiger partial charge in [-0.15, -0.1) is 0 Å². The van der Waals surface area contributed by atoms with Gasteiger partial charge in [0.25, 0.3) is 0 Å². The van der Waals surface area contributed by atoms with Crippen LogP contribution in [-0.4, -0.2) is 49.9 Å². The van der Waals surface area contributed by atoms with Gasteiger partial charge in [0.15, 0.2) is 9.84 Å². The molecule has 0 saturated carbocycles. The highest BCUT2D eigenvalue weighted by molar-refractivity contribution is 7.91. The molecule has 1 fully saturated rings. The Kier molecular flexibility index (Phi) is 6.86. The molecule has 1 aliphatic rings. The number of carbonyl (C=O) groups is 1. The van der Waals surface area contributed by atoms with E-state index in [0.29, 0.717) is 6.42 Å². The molecule has 0 aromatic heterocycles. The number of carbonyl (C=O) groups excluding carboxylic acids is 1. The summed E-state index contributed by atoms with van der Waals surface area (Å²) in [5.74, 6) is 0.280. The fourth-order valence-corrected chi connectivity index (χ4v) is 5.49. The van der Waals surface area contributed by atoms with Gasteiger partial charge in [0.1, 0.15) is 0 Å². The molecule has 150 valence electrons. The third kappa shape index (κ3) is 5.66. The summed E-state index contributed by atoms with van der Waals surface area (Å²) in [6.45, 7) is 2.98. The van der Waals surface area contributed by atoms with Crippen LogP contribution >= 0.6 is 0 Å². The van der Waals surface area contributed by atoms with Gasteiger partial charge in [-0.1, -0.05) is 55.5 Å². The van der Waals surface area contributed by atoms with Crippen molar-refractivity contribution in [1.82, 2.24) is 4.90 Å². The second kappa shape index (κ2) is 9.34. The average molecular weight is 401 g/mol. The van der Waals surface area contributed by atoms with Crippen LogP contribution in [0.2, 0.25) is 0 Å². The van der Waals surface area contributed by atoms with Crippen molar-refractivity contribution in [1.29, 1.82) is 0 Å². The van der Waals surface area contributed by atoms with E-state index in [2.05, 4.69) is 17.4 Å². The Labute approximate surface area is 167 Å². The highest BCUT2D eigenvalue weighted by Gasteiger charge is 2.32. The molecule has 0 bridgehead atoms. The van der Waals surface area contributed by atoms with Crippen LogP contribution in [0.15, 0.2) is 54.6 Å². The van der Waals surface area contributed by atoms with Gasteiger partial charge in [-0.3, -0.25) is 9.69 Å². The second-order valence-electron chi connectivity index (χ2n) is 7.40. The lowest BCUT2D eigenvalue weighted by Gasteiger charge is -2.27. The van der Waals surface area contributed by atoms with Gasteiger partial charge in [-0.05, 0) is 43.0 Å². The second-order valence-corrected chi connectivity index (χ2v) is 9.62. The molecule has 1 unspecified atom stereocenters. The molecule has 28 heavy (non-hydrogen) atoms. The van der Waals surface area contributed by atoms with E-state index in [9.17, 15) is 13.2 Å². The SMILES string of the molecule is CCCN(CC(=O)Nc1ccccc1Cc1ccccc1)C1CCS(=O)(=O)C1. The van der Waals surface area contributed by atoms with Crippen LogP contribution in [-0.2, 0) is 21.1 Å². The van der Waals surface area contributed by atoms with E-state index >= 15 is 0 Å². The molecule has 3 rings (SSSR count). The van der Waals surface area contributed by atoms with Crippen LogP contribution in [0.1, 0.15) is 30.9 Å². The number of sulfone groups is 1. The predicted octanol–water partition coefficient (Wildman–Crippen LogP) is 3.12. The van der Waals surface area contributed by atoms with Gasteiger partial charge in [-0.2, -0.15) is 0 Å². The molecule has 1 N–H and O–H groups in total. The molecule has 6 heteroatoms. The lowest BCUT2D eigenvalue weighted by molar-refractivity contribution is -0.117. The molecule has 2 aromatic carbocycles. The quantitative estimate of drug-likeness (QED) is 0.739. The topological polar surface area (TPSA) is 66.5 Å². The van der Waals surface area contributed by atoms with Gasteiger partial charge in [-0.25, -0.2) is 8.42 Å². The number of rotatable bonds is 8. The van der Waals surface area contributed by atoms with Crippen molar-refractivity contribution >= 4 is 21.4 Å². The van der Waals surface area contributed by atoms with Crippen LogP contribution in [0.5, 0.6) is 0 Å². The fourth-order valence-electron chi connectivity index (χ4n) is 3.73. The van der Waals surface area contributed by atoms with Crippen molar-refractivity contribution in [2.75, 3.05) is 29.9 Å². The van der Waals surface area contributed by atoms with E-state index < -0.39 is 9.84 Å². The first-order valence-corrected chi connectivity index (χ1v) is 11.6. The highest BCUT2D eigenvalue weighted by Crippen LogP contribution is 2.21. The lowest BCUT2D eigenvalue weighted by atomic mass is 10.0. The Morgan fingerprint density at radius 1 is 1.11 bits per heavy atom. The molecule has 1 saturated heterocycles. The molecular weight excluding hydrogens is 372 g/mol. The van der Waals surface area contributed by atoms with E-state index in [-0.39, 0.29) is 30.0 Å². The largest absolute Gasteiger partial charge is 0.325 e. The van der Waals surface area contributed by atoms with Crippen LogP contribution in [0, 0.1) is 0 Å². The lowest BCUT2D eigenvalue weighted by Crippen LogP contribution is -2.42. The van der Waals surface area contributed by atoms with Crippen LogP contribution in [0.3, 0.4) is 0 Å². The van der Waals surface area contributed by atoms with Crippen LogP contribution in [0.25, 0.3) is 0 Å². The summed E-state index contributed by atoms with van der Waals surface area (Å²) in [7, 11) is -2.97. The summed E-state index contributed by atoms with van der Waals surface area (Å²) in [6, 6.07) is 17.9. The Bertz CT molecular complexity index is 897. The number of benzene rings is 2. The maximum absolute atomic E-state index is 12.7. The van der Waals surface area contributed by atoms with Crippen molar-refractivity contribution in [3.05, 3.63) is 65.7 Å². The first-order valence-electron chi connectivity index (χ1n) is 9.83. The van der Waals surface area contributed by atoms with E-state index in [1.165, 1.54) is 5.56 Å². The number of hydrogen-bond acceptors (Lipinski definition) is 4. The third-order valence-corrected chi connectivity index (χ3v) is 6.86. The monoisotopic (exact) mass is 400 g/mol. The van der Waals surface area contributed by atoms with E-state index in [1.54, 1.807) is 0 Å². The van der Waals surface area contributed by atoms with Gasteiger partial charge in [0, 0.05) is 11.7 Å². The zero-order chi connectivity index (χ0) is 20.0. The Morgan fingerprint density at radius 3 is 2.50 bits per heavy atom. The molecule has 0 radical (unpaired) electrons. The number of nitrogens with one attached hydrogen (secondary N) is 1. The molecule has 1 amide bonds. The Morgan fingerprint density at radius 2 is 1.82 bits per heavy atom. The molecule has 1 atom stereocenters. The maximum atomic E-state index is 12.7. The van der Waals surface area contributed by atoms with Crippen LogP contribution < -0.4 is 5.32 Å². The first-order chi connectivity index (χ1) is 13.5. The summed E-state index contributed by atoms with van der Waals surface area (Å²) in [4.78, 5) is 14.7. The minimum atomic E-state index is -2.97. The smallest absolute Gasteiger partial charge is 0.238 e. The molecule has 2 aromatic rings. The average Bonchev–Trinajstić information content (AvgIpc) is 3.04. The standard InChI is InChI=1S/C22H28N2O3S/c1-2-13-24(20-12-14-28(26,27)17-20)16-22(25)23-21-11-7-6-10-19(21)15-18-8-4-3-5-9-18/h3-11,20H,2,12-17H2,1H3,(H,23,25). The first kappa shape index (κ1) is 20.6. The number of anilines is 1. The summed E-state index contributed by atoms with van der Waals surface area (Å²) in [5.41, 5.74) is 3.06. The third-order valence-electron chi connectivity index (χ3n) is 5.11. The van der Waals surface area contributed by atoms with Crippen molar-refractivity contribution < 1.29 is 13.2 Å². The number of para-hydroxylation sites is 1. The maximum Gasteiger partial charge on any atom is 0.238 e. The van der Waals surface area contributed by atoms with Crippen molar-refractivity contribution in [2.24, 2.45) is 0 Å². The minimum Gasteiger partial charge on any atom is -0.325 e. The molecule has 1 heterocycles. The minimum absolute atomic E-state index is 0.0599. The number of amides is 1. The molecule has 1 aliphatic heterocycles. The van der Waals surface area contributed by atoms with Crippen molar-refractivity contribution in [2.45, 2.75) is 32.2 Å². The van der Waals surface area contributed by atoms with Gasteiger partial charge in [0.2, 0.25) is 5.91 Å². The van der Waals surface area contributed by atoms with Crippen molar-refractivity contribution in [3.8, 4) is 0 Å². The van der Waals surface area contributed by atoms with Crippen LogP contribution in [0.4, 0.5) is 5.69 Å². The molecule has 0 spiro atoms. The summed E-state index contributed by atoms with van der Waals surface area (Å²) in [5, 5.41) is 3.03. The normalized spacial score (nSPS) is 18.3. The zero-order valence-electron chi connectivity index (χ0n) is 16.3. The van der Waals surface area contributed by atoms with Gasteiger partial charge < -0.3 is 5.32 Å². The van der Waals surface area contributed by atoms with E-state index in [0.717, 1.165) is 30.6 Å². The van der Waals surface area contributed by atoms with E-state index in [1.807, 2.05) is 54.3 Å². The molecule has 5 nitrogen and oxygen atoms in total. The van der Waals surface area contributed by atoms with Crippen molar-refractivity contribution in [3.63, 3.8) is 0 Å². The molecular formula is C22H28N2O3S. The Balaban J connectivity index is 1.67. The summed E-state index contributed by atoms with van der Waals surface area (Å²) < 4.78 is 23.6. The highest BCUT2D eigenvalue weighted by atomic mass is 32.2. The Hall–Kier alpha value is -2.18. The molecule has 0 aliphatic carbocycles. The summed E-state index contributed by atoms with van der Waals surface area (Å²) >= 11 is 0. The number of nitrogens with zero attached hydrogens (tertiary/aromatic N) is 1. The zero-order valence-corrected chi connectivity index (χ0v) is 17.1. The van der Waals surface area contributed by atoms with E-state index in [4.69, 9.17) is 0 Å². The summed E-state index contributed by atoms with van der Waals surface area (Å²) in [6.07, 6.45) is 2.24. The van der Waals surface area contributed by atoms with Gasteiger partial charge >= 0.3 is 0 Å².